The number of rotatable bonds is 1. The highest BCUT2D eigenvalue weighted by atomic mass is 16.3. The molecule has 0 amide bonds. The van der Waals surface area contributed by atoms with Gasteiger partial charge in [-0.05, 0) is 64.5 Å². The van der Waals surface area contributed by atoms with Gasteiger partial charge in [-0.15, -0.1) is 0 Å². The fraction of sp³-hybridized carbons (Fsp3) is 1.00. The van der Waals surface area contributed by atoms with Gasteiger partial charge < -0.3 is 10.0 Å². The second-order valence-corrected chi connectivity index (χ2v) is 6.30. The first-order valence-electron chi connectivity index (χ1n) is 5.91. The highest BCUT2D eigenvalue weighted by Gasteiger charge is 2.57. The van der Waals surface area contributed by atoms with Crippen molar-refractivity contribution in [2.75, 3.05) is 14.1 Å². The van der Waals surface area contributed by atoms with E-state index in [0.717, 1.165) is 31.1 Å². The van der Waals surface area contributed by atoms with E-state index in [1.54, 1.807) is 0 Å². The maximum absolute atomic E-state index is 10.5. The van der Waals surface area contributed by atoms with E-state index in [1.165, 1.54) is 19.3 Å². The summed E-state index contributed by atoms with van der Waals surface area (Å²) in [4.78, 5) is 2.38. The van der Waals surface area contributed by atoms with E-state index in [0.29, 0.717) is 5.54 Å². The van der Waals surface area contributed by atoms with Crippen molar-refractivity contribution in [2.45, 2.75) is 49.7 Å². The molecule has 0 aliphatic heterocycles. The molecule has 80 valence electrons. The van der Waals surface area contributed by atoms with E-state index in [2.05, 4.69) is 19.0 Å². The van der Waals surface area contributed by atoms with Gasteiger partial charge >= 0.3 is 0 Å². The maximum Gasteiger partial charge on any atom is 0.0670 e. The molecule has 4 bridgehead atoms. The molecule has 4 atom stereocenters. The first kappa shape index (κ1) is 9.17. The van der Waals surface area contributed by atoms with Crippen molar-refractivity contribution in [3.63, 3.8) is 0 Å². The predicted octanol–water partition coefficient (Wildman–Crippen LogP) is 1.63. The number of hydrogen-bond acceptors (Lipinski definition) is 2. The molecule has 0 heterocycles. The quantitative estimate of drug-likeness (QED) is 0.687. The van der Waals surface area contributed by atoms with Crippen LogP contribution in [-0.2, 0) is 0 Å². The molecular formula is C12H21NO. The molecule has 2 heteroatoms. The Balaban J connectivity index is 1.96. The van der Waals surface area contributed by atoms with Crippen molar-refractivity contribution < 1.29 is 5.11 Å². The Kier molecular flexibility index (Phi) is 1.66. The minimum Gasteiger partial charge on any atom is -0.390 e. The molecule has 0 radical (unpaired) electrons. The van der Waals surface area contributed by atoms with Crippen LogP contribution in [0.3, 0.4) is 0 Å². The van der Waals surface area contributed by atoms with Crippen LogP contribution in [0.4, 0.5) is 0 Å². The summed E-state index contributed by atoms with van der Waals surface area (Å²) in [6.07, 6.45) is 7.24. The summed E-state index contributed by atoms with van der Waals surface area (Å²) in [5, 5.41) is 10.5. The van der Waals surface area contributed by atoms with E-state index in [9.17, 15) is 5.11 Å². The van der Waals surface area contributed by atoms with E-state index in [-0.39, 0.29) is 5.60 Å². The Hall–Kier alpha value is -0.0800. The number of nitrogens with zero attached hydrogens (tertiary/aromatic N) is 1. The van der Waals surface area contributed by atoms with Gasteiger partial charge in [0.25, 0.3) is 0 Å². The summed E-state index contributed by atoms with van der Waals surface area (Å²) in [5.74, 6) is 1.62. The molecule has 0 aromatic rings. The predicted molar refractivity (Wildman–Crippen MR) is 56.0 cm³/mol. The third-order valence-corrected chi connectivity index (χ3v) is 4.95. The molecule has 4 saturated carbocycles. The summed E-state index contributed by atoms with van der Waals surface area (Å²) < 4.78 is 0. The number of hydrogen-bond donors (Lipinski definition) is 1. The number of aliphatic hydroxyl groups is 1. The molecule has 0 saturated heterocycles. The average Bonchev–Trinajstić information content (AvgIpc) is 1.98. The van der Waals surface area contributed by atoms with E-state index >= 15 is 0 Å². The molecular weight excluding hydrogens is 174 g/mol. The van der Waals surface area contributed by atoms with Gasteiger partial charge in [0.05, 0.1) is 5.60 Å². The molecule has 0 spiro atoms. The van der Waals surface area contributed by atoms with Gasteiger partial charge in [0, 0.05) is 5.54 Å². The molecule has 4 rings (SSSR count). The molecule has 4 aliphatic rings. The lowest BCUT2D eigenvalue weighted by Crippen LogP contribution is -2.63. The summed E-state index contributed by atoms with van der Waals surface area (Å²) in [7, 11) is 4.38. The van der Waals surface area contributed by atoms with Gasteiger partial charge in [0.15, 0.2) is 0 Å². The van der Waals surface area contributed by atoms with Gasteiger partial charge in [0.2, 0.25) is 0 Å². The summed E-state index contributed by atoms with van der Waals surface area (Å²) in [6, 6.07) is 0. The Morgan fingerprint density at radius 1 is 1.07 bits per heavy atom. The minimum atomic E-state index is -0.297. The third-order valence-electron chi connectivity index (χ3n) is 4.95. The fourth-order valence-electron chi connectivity index (χ4n) is 4.69. The lowest BCUT2D eigenvalue weighted by Gasteiger charge is -2.62. The molecule has 2 nitrogen and oxygen atoms in total. The fourth-order valence-corrected chi connectivity index (χ4v) is 4.69. The Morgan fingerprint density at radius 3 is 2.07 bits per heavy atom. The largest absolute Gasteiger partial charge is 0.390 e. The smallest absolute Gasteiger partial charge is 0.0670 e. The SMILES string of the molecule is CN(C)C12C[C@@H]3C[C@@H](CC(O)(C3)C1)C2. The normalized spacial score (nSPS) is 55.7. The van der Waals surface area contributed by atoms with Crippen molar-refractivity contribution in [2.24, 2.45) is 11.8 Å². The Morgan fingerprint density at radius 2 is 1.64 bits per heavy atom. The first-order valence-corrected chi connectivity index (χ1v) is 5.91. The van der Waals surface area contributed by atoms with Crippen molar-refractivity contribution in [1.29, 1.82) is 0 Å². The zero-order valence-electron chi connectivity index (χ0n) is 9.29. The third kappa shape index (κ3) is 1.10. The molecule has 1 N–H and O–H groups in total. The highest BCUT2D eigenvalue weighted by Crippen LogP contribution is 2.58. The second-order valence-electron chi connectivity index (χ2n) is 6.30. The molecule has 0 aromatic heterocycles. The summed E-state index contributed by atoms with van der Waals surface area (Å²) in [6.45, 7) is 0. The monoisotopic (exact) mass is 195 g/mol. The van der Waals surface area contributed by atoms with Crippen LogP contribution < -0.4 is 0 Å². The van der Waals surface area contributed by atoms with Crippen LogP contribution in [0, 0.1) is 11.8 Å². The lowest BCUT2D eigenvalue weighted by molar-refractivity contribution is -0.167. The summed E-state index contributed by atoms with van der Waals surface area (Å²) in [5.41, 5.74) is 0.0488. The minimum absolute atomic E-state index is 0.297. The van der Waals surface area contributed by atoms with Crippen LogP contribution in [-0.4, -0.2) is 35.2 Å². The molecule has 4 aliphatic carbocycles. The standard InChI is InChI=1S/C12H21NO/c1-13(2)11-4-9-3-10(5-11)7-12(14,6-9)8-11/h9-10,14H,3-8H2,1-2H3/t9-,10+,11?,12?. The lowest BCUT2D eigenvalue weighted by atomic mass is 9.51. The van der Waals surface area contributed by atoms with Gasteiger partial charge in [-0.25, -0.2) is 0 Å². The highest BCUT2D eigenvalue weighted by molar-refractivity contribution is 5.12. The molecule has 2 unspecified atom stereocenters. The van der Waals surface area contributed by atoms with Crippen LogP contribution in [0.25, 0.3) is 0 Å². The second kappa shape index (κ2) is 2.53. The molecule has 14 heavy (non-hydrogen) atoms. The van der Waals surface area contributed by atoms with Crippen LogP contribution >= 0.6 is 0 Å². The van der Waals surface area contributed by atoms with Crippen LogP contribution in [0.2, 0.25) is 0 Å². The van der Waals surface area contributed by atoms with E-state index < -0.39 is 0 Å². The topological polar surface area (TPSA) is 23.5 Å². The molecule has 0 aromatic carbocycles. The van der Waals surface area contributed by atoms with Crippen molar-refractivity contribution in [1.82, 2.24) is 4.90 Å². The van der Waals surface area contributed by atoms with Crippen LogP contribution in [0.1, 0.15) is 38.5 Å². The first-order chi connectivity index (χ1) is 6.51. The maximum atomic E-state index is 10.5. The van der Waals surface area contributed by atoms with E-state index in [1.807, 2.05) is 0 Å². The van der Waals surface area contributed by atoms with Gasteiger partial charge in [-0.3, -0.25) is 0 Å². The van der Waals surface area contributed by atoms with Gasteiger partial charge in [0.1, 0.15) is 0 Å². The van der Waals surface area contributed by atoms with E-state index in [4.69, 9.17) is 0 Å². The Labute approximate surface area is 86.3 Å². The average molecular weight is 195 g/mol. The van der Waals surface area contributed by atoms with Gasteiger partial charge in [-0.1, -0.05) is 0 Å². The van der Waals surface area contributed by atoms with Crippen LogP contribution in [0.5, 0.6) is 0 Å². The van der Waals surface area contributed by atoms with Crippen molar-refractivity contribution >= 4 is 0 Å². The van der Waals surface area contributed by atoms with Crippen molar-refractivity contribution in [3.8, 4) is 0 Å². The summed E-state index contributed by atoms with van der Waals surface area (Å²) >= 11 is 0. The van der Waals surface area contributed by atoms with Crippen LogP contribution in [0.15, 0.2) is 0 Å². The Bertz CT molecular complexity index is 247. The zero-order chi connectivity index (χ0) is 9.97. The van der Waals surface area contributed by atoms with Crippen molar-refractivity contribution in [3.05, 3.63) is 0 Å². The molecule has 4 fully saturated rings. The van der Waals surface area contributed by atoms with Gasteiger partial charge in [-0.2, -0.15) is 0 Å². The zero-order valence-corrected chi connectivity index (χ0v) is 9.29.